The summed E-state index contributed by atoms with van der Waals surface area (Å²) in [6, 6.07) is 27.7. The fraction of sp³-hybridized carbons (Fsp3) is 0.100. The van der Waals surface area contributed by atoms with E-state index in [1.54, 1.807) is 36.4 Å². The summed E-state index contributed by atoms with van der Waals surface area (Å²) in [7, 11) is -2.64. The molecule has 10 nitrogen and oxygen atoms in total. The van der Waals surface area contributed by atoms with Crippen LogP contribution >= 0.6 is 11.6 Å². The molecule has 0 radical (unpaired) electrons. The molecule has 4 aromatic rings. The first-order chi connectivity index (χ1) is 20.2. The molecule has 42 heavy (non-hydrogen) atoms. The van der Waals surface area contributed by atoms with E-state index in [9.17, 15) is 18.0 Å². The molecule has 0 fully saturated rings. The average Bonchev–Trinajstić information content (AvgIpc) is 3.00. The number of para-hydroxylation sites is 1. The van der Waals surface area contributed by atoms with Gasteiger partial charge in [-0.1, -0.05) is 29.8 Å². The van der Waals surface area contributed by atoms with Crippen molar-refractivity contribution in [1.29, 1.82) is 0 Å². The van der Waals surface area contributed by atoms with E-state index < -0.39 is 22.5 Å². The van der Waals surface area contributed by atoms with Crippen LogP contribution in [-0.4, -0.2) is 46.7 Å². The summed E-state index contributed by atoms with van der Waals surface area (Å²) < 4.78 is 38.5. The van der Waals surface area contributed by atoms with Gasteiger partial charge in [-0.15, -0.1) is 0 Å². The van der Waals surface area contributed by atoms with Crippen LogP contribution in [0.2, 0.25) is 5.02 Å². The van der Waals surface area contributed by atoms with E-state index in [-0.39, 0.29) is 23.1 Å². The van der Waals surface area contributed by atoms with Gasteiger partial charge in [-0.3, -0.25) is 13.9 Å². The van der Waals surface area contributed by atoms with Crippen LogP contribution in [0.4, 0.5) is 11.4 Å². The second-order valence-electron chi connectivity index (χ2n) is 8.73. The van der Waals surface area contributed by atoms with Gasteiger partial charge in [-0.05, 0) is 90.5 Å². The Kier molecular flexibility index (Phi) is 10.1. The van der Waals surface area contributed by atoms with E-state index in [4.69, 9.17) is 21.1 Å². The van der Waals surface area contributed by atoms with E-state index in [1.807, 2.05) is 18.2 Å². The Labute approximate surface area is 248 Å². The van der Waals surface area contributed by atoms with Crippen LogP contribution < -0.4 is 24.5 Å². The summed E-state index contributed by atoms with van der Waals surface area (Å²) >= 11 is 5.98. The van der Waals surface area contributed by atoms with Gasteiger partial charge in [0.1, 0.15) is 18.0 Å². The summed E-state index contributed by atoms with van der Waals surface area (Å²) in [4.78, 5) is 24.8. The Bertz CT molecular complexity index is 1630. The number of methoxy groups -OCH3 is 1. The molecule has 0 aliphatic heterocycles. The van der Waals surface area contributed by atoms with Gasteiger partial charge in [0.2, 0.25) is 0 Å². The third-order valence-corrected chi connectivity index (χ3v) is 7.80. The quantitative estimate of drug-likeness (QED) is 0.178. The molecular formula is C30H27ClN4O6S. The van der Waals surface area contributed by atoms with Crippen LogP contribution in [0.25, 0.3) is 0 Å². The van der Waals surface area contributed by atoms with Crippen molar-refractivity contribution in [2.24, 2.45) is 5.10 Å². The van der Waals surface area contributed by atoms with Gasteiger partial charge in [0.05, 0.1) is 23.9 Å². The maximum absolute atomic E-state index is 13.5. The predicted molar refractivity (Wildman–Crippen MR) is 162 cm³/mol. The molecule has 0 aliphatic carbocycles. The normalized spacial score (nSPS) is 11.1. The minimum Gasteiger partial charge on any atom is -0.497 e. The first-order valence-electron chi connectivity index (χ1n) is 12.6. The molecule has 2 amide bonds. The van der Waals surface area contributed by atoms with Gasteiger partial charge in [0, 0.05) is 10.7 Å². The molecule has 216 valence electrons. The molecule has 4 aromatic carbocycles. The number of sulfonamides is 1. The highest BCUT2D eigenvalue weighted by Gasteiger charge is 2.27. The van der Waals surface area contributed by atoms with Crippen molar-refractivity contribution in [3.8, 4) is 11.5 Å². The maximum atomic E-state index is 13.5. The maximum Gasteiger partial charge on any atom is 0.264 e. The van der Waals surface area contributed by atoms with Crippen molar-refractivity contribution in [2.75, 3.05) is 29.9 Å². The molecular weight excluding hydrogens is 580 g/mol. The summed E-state index contributed by atoms with van der Waals surface area (Å²) in [5.74, 6) is 0.00725. The third kappa shape index (κ3) is 8.32. The minimum absolute atomic E-state index is 0.0191. The lowest BCUT2D eigenvalue weighted by Gasteiger charge is -2.23. The fourth-order valence-corrected chi connectivity index (χ4v) is 5.21. The van der Waals surface area contributed by atoms with E-state index in [2.05, 4.69) is 15.8 Å². The number of hydrogen-bond donors (Lipinski definition) is 2. The van der Waals surface area contributed by atoms with Crippen molar-refractivity contribution in [2.45, 2.75) is 4.90 Å². The number of carbonyl (C=O) groups excluding carboxylic acids is 2. The standard InChI is InChI=1S/C30H27ClN4O6S/c1-40-26-15-17-28(18-16-26)42(38,39)35(25-11-9-23(31)10-12-25)20-29(36)34-32-19-22-7-13-27(14-8-22)41-21-30(37)33-24-5-3-2-4-6-24/h2-19H,20-21H2,1H3,(H,33,37)(H,34,36)/b32-19-. The van der Waals surface area contributed by atoms with Crippen LogP contribution in [-0.2, 0) is 19.6 Å². The number of amides is 2. The average molecular weight is 607 g/mol. The minimum atomic E-state index is -4.12. The Morgan fingerprint density at radius 2 is 1.50 bits per heavy atom. The number of carbonyl (C=O) groups is 2. The van der Waals surface area contributed by atoms with Gasteiger partial charge < -0.3 is 14.8 Å². The van der Waals surface area contributed by atoms with E-state index in [0.717, 1.165) is 4.31 Å². The zero-order valence-electron chi connectivity index (χ0n) is 22.4. The Morgan fingerprint density at radius 3 is 2.14 bits per heavy atom. The van der Waals surface area contributed by atoms with E-state index in [1.165, 1.54) is 61.9 Å². The molecule has 12 heteroatoms. The van der Waals surface area contributed by atoms with Gasteiger partial charge in [-0.2, -0.15) is 5.10 Å². The Balaban J connectivity index is 1.36. The summed E-state index contributed by atoms with van der Waals surface area (Å²) in [6.07, 6.45) is 1.40. The molecule has 0 unspecified atom stereocenters. The Hall–Kier alpha value is -4.87. The second-order valence-corrected chi connectivity index (χ2v) is 11.0. The zero-order chi connectivity index (χ0) is 30.0. The first-order valence-corrected chi connectivity index (χ1v) is 14.4. The number of nitrogens with zero attached hydrogens (tertiary/aromatic N) is 2. The third-order valence-electron chi connectivity index (χ3n) is 5.76. The molecule has 0 aliphatic rings. The highest BCUT2D eigenvalue weighted by molar-refractivity contribution is 7.92. The van der Waals surface area contributed by atoms with Gasteiger partial charge in [0.15, 0.2) is 6.61 Å². The molecule has 0 atom stereocenters. The fourth-order valence-electron chi connectivity index (χ4n) is 3.66. The van der Waals surface area contributed by atoms with Crippen molar-refractivity contribution in [1.82, 2.24) is 5.43 Å². The van der Waals surface area contributed by atoms with Crippen LogP contribution in [0.1, 0.15) is 5.56 Å². The molecule has 0 spiro atoms. The highest BCUT2D eigenvalue weighted by atomic mass is 35.5. The summed E-state index contributed by atoms with van der Waals surface area (Å²) in [5, 5.41) is 7.09. The monoisotopic (exact) mass is 606 g/mol. The second kappa shape index (κ2) is 14.2. The van der Waals surface area contributed by atoms with Crippen molar-refractivity contribution >= 4 is 51.0 Å². The number of nitrogens with one attached hydrogen (secondary N) is 2. The summed E-state index contributed by atoms with van der Waals surface area (Å²) in [6.45, 7) is -0.701. The number of rotatable bonds is 12. The number of ether oxygens (including phenoxy) is 2. The number of hydrazone groups is 1. The smallest absolute Gasteiger partial charge is 0.264 e. The van der Waals surface area contributed by atoms with Crippen LogP contribution in [0.3, 0.4) is 0 Å². The van der Waals surface area contributed by atoms with E-state index in [0.29, 0.717) is 27.8 Å². The lowest BCUT2D eigenvalue weighted by atomic mass is 10.2. The molecule has 0 heterocycles. The number of hydrogen-bond acceptors (Lipinski definition) is 7. The molecule has 4 rings (SSSR count). The number of benzene rings is 4. The van der Waals surface area contributed by atoms with Gasteiger partial charge in [-0.25, -0.2) is 13.8 Å². The number of halogens is 1. The molecule has 0 saturated heterocycles. The SMILES string of the molecule is COc1ccc(S(=O)(=O)N(CC(=O)N/N=C\c2ccc(OCC(=O)Nc3ccccc3)cc2)c2ccc(Cl)cc2)cc1. The zero-order valence-corrected chi connectivity index (χ0v) is 24.0. The lowest BCUT2D eigenvalue weighted by molar-refractivity contribution is -0.119. The van der Waals surface area contributed by atoms with E-state index >= 15 is 0 Å². The molecule has 2 N–H and O–H groups in total. The highest BCUT2D eigenvalue weighted by Crippen LogP contribution is 2.26. The van der Waals surface area contributed by atoms with Crippen LogP contribution in [0, 0.1) is 0 Å². The number of anilines is 2. The first kappa shape index (κ1) is 30.1. The topological polar surface area (TPSA) is 126 Å². The Morgan fingerprint density at radius 1 is 0.857 bits per heavy atom. The summed E-state index contributed by atoms with van der Waals surface area (Å²) in [5.41, 5.74) is 3.92. The van der Waals surface area contributed by atoms with Crippen molar-refractivity contribution < 1.29 is 27.5 Å². The van der Waals surface area contributed by atoms with Gasteiger partial charge >= 0.3 is 0 Å². The molecule has 0 saturated carbocycles. The molecule has 0 aromatic heterocycles. The van der Waals surface area contributed by atoms with Crippen molar-refractivity contribution in [3.05, 3.63) is 114 Å². The van der Waals surface area contributed by atoms with Crippen LogP contribution in [0.5, 0.6) is 11.5 Å². The van der Waals surface area contributed by atoms with Gasteiger partial charge in [0.25, 0.3) is 21.8 Å². The molecule has 0 bridgehead atoms. The van der Waals surface area contributed by atoms with Crippen molar-refractivity contribution in [3.63, 3.8) is 0 Å². The predicted octanol–water partition coefficient (Wildman–Crippen LogP) is 4.71. The van der Waals surface area contributed by atoms with Crippen LogP contribution in [0.15, 0.2) is 113 Å². The largest absolute Gasteiger partial charge is 0.497 e. The lowest BCUT2D eigenvalue weighted by Crippen LogP contribution is -2.39.